The summed E-state index contributed by atoms with van der Waals surface area (Å²) in [6, 6.07) is -0.946. The molecule has 0 aromatic carbocycles. The van der Waals surface area contributed by atoms with Gasteiger partial charge in [-0.15, -0.1) is 0 Å². The minimum Gasteiger partial charge on any atom is -0.394 e. The zero-order valence-electron chi connectivity index (χ0n) is 42.5. The minimum absolute atomic E-state index is 0.265. The summed E-state index contributed by atoms with van der Waals surface area (Å²) in [6.45, 7) is 3.39. The molecule has 0 aromatic heterocycles. The number of amides is 1. The highest BCUT2D eigenvalue weighted by Gasteiger charge is 2.48. The zero-order valence-corrected chi connectivity index (χ0v) is 43.3. The number of hydrogen-bond acceptors (Lipinski definition) is 10. The lowest BCUT2D eigenvalue weighted by molar-refractivity contribution is -0.298. The predicted octanol–water partition coefficient (Wildman–Crippen LogP) is 12.2. The summed E-state index contributed by atoms with van der Waals surface area (Å²) in [5.74, 6) is -0.265. The number of nitrogens with one attached hydrogen (secondary N) is 1. The Bertz CT molecular complexity index is 1330. The first-order chi connectivity index (χ1) is 32.5. The van der Waals surface area contributed by atoms with E-state index in [2.05, 4.69) is 47.7 Å². The highest BCUT2D eigenvalue weighted by molar-refractivity contribution is 7.80. The first kappa shape index (κ1) is 63.3. The minimum atomic E-state index is -5.09. The molecule has 7 unspecified atom stereocenters. The van der Waals surface area contributed by atoms with Crippen LogP contribution in [-0.2, 0) is 28.9 Å². The zero-order chi connectivity index (χ0) is 49.1. The maximum absolute atomic E-state index is 13.1. The van der Waals surface area contributed by atoms with Gasteiger partial charge in [-0.2, -0.15) is 8.42 Å². The number of hydrogen-bond donors (Lipinski definition) is 6. The first-order valence-electron chi connectivity index (χ1n) is 27.4. The molecule has 0 saturated carbocycles. The van der Waals surface area contributed by atoms with E-state index in [9.17, 15) is 38.2 Å². The van der Waals surface area contributed by atoms with Crippen LogP contribution >= 0.6 is 0 Å². The van der Waals surface area contributed by atoms with Crippen molar-refractivity contribution in [3.05, 3.63) is 36.5 Å². The van der Waals surface area contributed by atoms with Gasteiger partial charge in [-0.25, -0.2) is 4.18 Å². The van der Waals surface area contributed by atoms with Crippen molar-refractivity contribution in [1.82, 2.24) is 5.32 Å². The van der Waals surface area contributed by atoms with Crippen LogP contribution in [0.15, 0.2) is 36.5 Å². The van der Waals surface area contributed by atoms with Crippen LogP contribution in [0.25, 0.3) is 0 Å². The van der Waals surface area contributed by atoms with E-state index >= 15 is 0 Å². The Balaban J connectivity index is 2.42. The van der Waals surface area contributed by atoms with Gasteiger partial charge >= 0.3 is 10.4 Å². The fraction of sp³-hybridized carbons (Fsp3) is 0.870. The summed E-state index contributed by atoms with van der Waals surface area (Å²) < 4.78 is 47.8. The third-order valence-corrected chi connectivity index (χ3v) is 13.4. The van der Waals surface area contributed by atoms with Crippen LogP contribution in [0.5, 0.6) is 0 Å². The van der Waals surface area contributed by atoms with Gasteiger partial charge in [-0.1, -0.05) is 230 Å². The Morgan fingerprint density at radius 2 is 0.985 bits per heavy atom. The smallest absolute Gasteiger partial charge is 0.394 e. The molecule has 0 spiro atoms. The SMILES string of the molecule is CCCCC/C=C\C=C/CCCCCCCCCCCCC(=O)NC(COC1OC(CO)C(O)C(OS(=O)(=O)O)C1O)C(O)/C=C/CCCCCCCCCCCCCCCCCCCCC. The molecule has 1 fully saturated rings. The molecule has 394 valence electrons. The van der Waals surface area contributed by atoms with Gasteiger partial charge in [0.25, 0.3) is 0 Å². The summed E-state index contributed by atoms with van der Waals surface area (Å²) >= 11 is 0. The van der Waals surface area contributed by atoms with Crippen molar-refractivity contribution in [3.63, 3.8) is 0 Å². The number of rotatable bonds is 47. The van der Waals surface area contributed by atoms with Crippen molar-refractivity contribution in [1.29, 1.82) is 0 Å². The maximum Gasteiger partial charge on any atom is 0.397 e. The van der Waals surface area contributed by atoms with Crippen molar-refractivity contribution in [2.75, 3.05) is 13.2 Å². The number of ether oxygens (including phenoxy) is 2. The molecule has 1 rings (SSSR count). The van der Waals surface area contributed by atoms with Crippen molar-refractivity contribution < 1.29 is 51.8 Å². The molecule has 12 nitrogen and oxygen atoms in total. The highest BCUT2D eigenvalue weighted by Crippen LogP contribution is 2.26. The Kier molecular flexibility index (Phi) is 41.9. The summed E-state index contributed by atoms with van der Waals surface area (Å²) in [5, 5.41) is 44.9. The summed E-state index contributed by atoms with van der Waals surface area (Å²) in [5.41, 5.74) is 0. The van der Waals surface area contributed by atoms with Gasteiger partial charge in [0.1, 0.15) is 24.4 Å². The largest absolute Gasteiger partial charge is 0.397 e. The molecule has 1 saturated heterocycles. The molecule has 1 aliphatic rings. The molecule has 0 bridgehead atoms. The van der Waals surface area contributed by atoms with Gasteiger partial charge in [0, 0.05) is 6.42 Å². The molecule has 1 heterocycles. The van der Waals surface area contributed by atoms with Crippen LogP contribution in [0.4, 0.5) is 0 Å². The van der Waals surface area contributed by atoms with Crippen molar-refractivity contribution in [2.45, 2.75) is 288 Å². The third-order valence-electron chi connectivity index (χ3n) is 12.9. The van der Waals surface area contributed by atoms with E-state index in [4.69, 9.17) is 9.47 Å². The third kappa shape index (κ3) is 36.9. The maximum atomic E-state index is 13.1. The Morgan fingerprint density at radius 3 is 1.42 bits per heavy atom. The second-order valence-corrected chi connectivity index (χ2v) is 20.2. The van der Waals surface area contributed by atoms with Crippen LogP contribution < -0.4 is 5.32 Å². The second kappa shape index (κ2) is 44.3. The Labute approximate surface area is 409 Å². The van der Waals surface area contributed by atoms with Gasteiger partial charge < -0.3 is 35.2 Å². The van der Waals surface area contributed by atoms with E-state index in [0.29, 0.717) is 6.42 Å². The molecule has 0 radical (unpaired) electrons. The Hall–Kier alpha value is -1.68. The molecule has 6 N–H and O–H groups in total. The van der Waals surface area contributed by atoms with E-state index in [-0.39, 0.29) is 18.9 Å². The molecular weight excluding hydrogens is 871 g/mol. The molecule has 0 aliphatic carbocycles. The predicted molar refractivity (Wildman–Crippen MR) is 273 cm³/mol. The number of carbonyl (C=O) groups is 1. The average Bonchev–Trinajstić information content (AvgIpc) is 3.30. The lowest BCUT2D eigenvalue weighted by atomic mass is 9.99. The van der Waals surface area contributed by atoms with Gasteiger partial charge in [0.05, 0.1) is 25.4 Å². The van der Waals surface area contributed by atoms with Crippen LogP contribution in [-0.4, -0.2) is 95.4 Å². The van der Waals surface area contributed by atoms with Crippen LogP contribution in [0.1, 0.15) is 245 Å². The van der Waals surface area contributed by atoms with Crippen molar-refractivity contribution >= 4 is 16.3 Å². The average molecular weight is 972 g/mol. The molecular formula is C54H101NO11S. The lowest BCUT2D eigenvalue weighted by Crippen LogP contribution is -2.61. The van der Waals surface area contributed by atoms with E-state index in [1.807, 2.05) is 6.08 Å². The first-order valence-corrected chi connectivity index (χ1v) is 28.8. The lowest BCUT2D eigenvalue weighted by Gasteiger charge is -2.41. The molecule has 67 heavy (non-hydrogen) atoms. The van der Waals surface area contributed by atoms with E-state index in [1.54, 1.807) is 6.08 Å². The van der Waals surface area contributed by atoms with Crippen LogP contribution in [0, 0.1) is 0 Å². The van der Waals surface area contributed by atoms with E-state index in [0.717, 1.165) is 44.9 Å². The second-order valence-electron chi connectivity index (χ2n) is 19.2. The number of allylic oxidation sites excluding steroid dienone is 5. The van der Waals surface area contributed by atoms with Crippen molar-refractivity contribution in [3.8, 4) is 0 Å². The molecule has 1 amide bonds. The van der Waals surface area contributed by atoms with E-state index < -0.39 is 59.9 Å². The number of aliphatic hydroxyl groups is 4. The van der Waals surface area contributed by atoms with Gasteiger partial charge in [-0.3, -0.25) is 9.35 Å². The fourth-order valence-electron chi connectivity index (χ4n) is 8.68. The van der Waals surface area contributed by atoms with Crippen LogP contribution in [0.2, 0.25) is 0 Å². The van der Waals surface area contributed by atoms with Gasteiger partial charge in [0.15, 0.2) is 6.29 Å². The topological polar surface area (TPSA) is 192 Å². The quantitative estimate of drug-likeness (QED) is 0.0147. The Morgan fingerprint density at radius 1 is 0.597 bits per heavy atom. The monoisotopic (exact) mass is 972 g/mol. The summed E-state index contributed by atoms with van der Waals surface area (Å²) in [7, 11) is -5.09. The molecule has 7 atom stereocenters. The number of unbranched alkanes of at least 4 members (excludes halogenated alkanes) is 32. The van der Waals surface area contributed by atoms with Gasteiger partial charge in [-0.05, 0) is 44.9 Å². The summed E-state index contributed by atoms with van der Waals surface area (Å²) in [4.78, 5) is 13.1. The fourth-order valence-corrected chi connectivity index (χ4v) is 9.19. The van der Waals surface area contributed by atoms with Gasteiger partial charge in [0.2, 0.25) is 5.91 Å². The molecule has 13 heteroatoms. The van der Waals surface area contributed by atoms with Crippen LogP contribution in [0.3, 0.4) is 0 Å². The molecule has 1 aliphatic heterocycles. The van der Waals surface area contributed by atoms with E-state index in [1.165, 1.54) is 173 Å². The highest BCUT2D eigenvalue weighted by atomic mass is 32.3. The standard InChI is InChI=1S/C54H101NO11S/c1-3-5-7-9-11-13-15-17-19-21-23-24-26-27-29-31-33-35-37-39-41-43-48(57)47(46-64-54-52(60)53(66-67(61,62)63)51(59)49(45-56)65-54)55-50(58)44-42-40-38-36-34-32-30-28-25-22-20-18-16-14-12-10-8-6-4-2/h12,14,16,18,41,43,47-49,51-54,56-57,59-60H,3-11,13,15,17,19-40,42,44-46H2,1-2H3,(H,55,58)(H,61,62,63)/b14-12-,18-16-,43-41+. The number of aliphatic hydroxyl groups excluding tert-OH is 4. The number of carbonyl (C=O) groups excluding carboxylic acids is 1. The summed E-state index contributed by atoms with van der Waals surface area (Å²) in [6.07, 6.45) is 46.0. The molecule has 0 aromatic rings. The van der Waals surface area contributed by atoms with Crippen molar-refractivity contribution in [2.24, 2.45) is 0 Å². The normalized spacial score (nSPS) is 20.1.